The van der Waals surface area contributed by atoms with E-state index < -0.39 is 6.61 Å². The molecular formula is C19H21F2N3OS. The molecule has 26 heavy (non-hydrogen) atoms. The van der Waals surface area contributed by atoms with E-state index in [2.05, 4.69) is 34.4 Å². The van der Waals surface area contributed by atoms with Crippen LogP contribution in [-0.4, -0.2) is 17.4 Å². The van der Waals surface area contributed by atoms with Gasteiger partial charge in [-0.25, -0.2) is 0 Å². The second-order valence-electron chi connectivity index (χ2n) is 5.94. The first-order valence-corrected chi connectivity index (χ1v) is 8.52. The molecule has 138 valence electrons. The Labute approximate surface area is 157 Å². The molecule has 7 heteroatoms. The van der Waals surface area contributed by atoms with Gasteiger partial charge in [0.15, 0.2) is 5.11 Å². The highest BCUT2D eigenvalue weighted by Crippen LogP contribution is 2.17. The molecule has 0 saturated heterocycles. The first-order chi connectivity index (χ1) is 12.3. The molecule has 0 radical (unpaired) electrons. The lowest BCUT2D eigenvalue weighted by molar-refractivity contribution is -0.0498. The molecule has 0 heterocycles. The van der Waals surface area contributed by atoms with Gasteiger partial charge in [0.2, 0.25) is 0 Å². The van der Waals surface area contributed by atoms with Gasteiger partial charge in [-0.3, -0.25) is 5.43 Å². The fourth-order valence-electron chi connectivity index (χ4n) is 2.19. The van der Waals surface area contributed by atoms with Crippen LogP contribution in [0.4, 0.5) is 14.5 Å². The standard InChI is InChI=1S/C19H21F2N3OS/c1-12(2)14-4-8-16(9-5-14)22-19(26)24-23-13(3)15-6-10-17(11-7-15)25-18(20)21/h4-12,18H,1-3H3,(H2,22,24,26). The van der Waals surface area contributed by atoms with E-state index in [4.69, 9.17) is 12.2 Å². The summed E-state index contributed by atoms with van der Waals surface area (Å²) in [4.78, 5) is 0. The maximum Gasteiger partial charge on any atom is 0.387 e. The highest BCUT2D eigenvalue weighted by molar-refractivity contribution is 7.80. The highest BCUT2D eigenvalue weighted by Gasteiger charge is 2.05. The van der Waals surface area contributed by atoms with Crippen molar-refractivity contribution < 1.29 is 13.5 Å². The Hall–Kier alpha value is -2.54. The van der Waals surface area contributed by atoms with E-state index >= 15 is 0 Å². The summed E-state index contributed by atoms with van der Waals surface area (Å²) < 4.78 is 28.6. The number of benzene rings is 2. The number of hydrogen-bond acceptors (Lipinski definition) is 3. The van der Waals surface area contributed by atoms with Gasteiger partial charge in [0.1, 0.15) is 5.75 Å². The van der Waals surface area contributed by atoms with E-state index in [0.717, 1.165) is 11.3 Å². The van der Waals surface area contributed by atoms with Crippen molar-refractivity contribution in [1.29, 1.82) is 0 Å². The summed E-state index contributed by atoms with van der Waals surface area (Å²) in [5, 5.41) is 7.62. The molecule has 2 aromatic rings. The Morgan fingerprint density at radius 3 is 2.19 bits per heavy atom. The van der Waals surface area contributed by atoms with Crippen LogP contribution in [0.3, 0.4) is 0 Å². The average Bonchev–Trinajstić information content (AvgIpc) is 2.60. The van der Waals surface area contributed by atoms with Crippen molar-refractivity contribution >= 4 is 28.7 Å². The van der Waals surface area contributed by atoms with Gasteiger partial charge >= 0.3 is 6.61 Å². The van der Waals surface area contributed by atoms with Crippen molar-refractivity contribution in [2.24, 2.45) is 5.10 Å². The minimum atomic E-state index is -2.84. The normalized spacial score (nSPS) is 11.6. The van der Waals surface area contributed by atoms with Gasteiger partial charge in [-0.2, -0.15) is 13.9 Å². The SMILES string of the molecule is CC(=NNC(=S)Nc1ccc(C(C)C)cc1)c1ccc(OC(F)F)cc1. The van der Waals surface area contributed by atoms with Gasteiger partial charge in [-0.1, -0.05) is 26.0 Å². The number of ether oxygens (including phenoxy) is 1. The Morgan fingerprint density at radius 1 is 1.04 bits per heavy atom. The number of nitrogens with zero attached hydrogens (tertiary/aromatic N) is 1. The highest BCUT2D eigenvalue weighted by atomic mass is 32.1. The van der Waals surface area contributed by atoms with E-state index in [1.807, 2.05) is 24.3 Å². The van der Waals surface area contributed by atoms with Crippen molar-refractivity contribution in [2.45, 2.75) is 33.3 Å². The Morgan fingerprint density at radius 2 is 1.65 bits per heavy atom. The van der Waals surface area contributed by atoms with Gasteiger partial charge in [0.25, 0.3) is 0 Å². The fraction of sp³-hybridized carbons (Fsp3) is 0.263. The molecule has 0 spiro atoms. The minimum absolute atomic E-state index is 0.103. The molecule has 2 N–H and O–H groups in total. The second kappa shape index (κ2) is 9.24. The molecule has 0 aliphatic heterocycles. The zero-order valence-corrected chi connectivity index (χ0v) is 15.6. The van der Waals surface area contributed by atoms with Crippen LogP contribution < -0.4 is 15.5 Å². The van der Waals surface area contributed by atoms with Crippen molar-refractivity contribution in [3.05, 3.63) is 59.7 Å². The smallest absolute Gasteiger partial charge is 0.387 e. The first-order valence-electron chi connectivity index (χ1n) is 8.11. The summed E-state index contributed by atoms with van der Waals surface area (Å²) in [6, 6.07) is 14.3. The van der Waals surface area contributed by atoms with Crippen molar-refractivity contribution in [3.8, 4) is 5.75 Å². The van der Waals surface area contributed by atoms with Gasteiger partial charge in [0.05, 0.1) is 5.71 Å². The largest absolute Gasteiger partial charge is 0.435 e. The lowest BCUT2D eigenvalue weighted by Crippen LogP contribution is -2.24. The summed E-state index contributed by atoms with van der Waals surface area (Å²) >= 11 is 5.22. The minimum Gasteiger partial charge on any atom is -0.435 e. The molecule has 0 amide bonds. The molecule has 0 fully saturated rings. The first kappa shape index (κ1) is 19.8. The van der Waals surface area contributed by atoms with Crippen LogP contribution in [0.5, 0.6) is 5.75 Å². The summed E-state index contributed by atoms with van der Waals surface area (Å²) in [6.45, 7) is 3.22. The van der Waals surface area contributed by atoms with Gasteiger partial charge < -0.3 is 10.1 Å². The molecule has 0 unspecified atom stereocenters. The Kier molecular flexibility index (Phi) is 7.03. The maximum atomic E-state index is 12.2. The lowest BCUT2D eigenvalue weighted by Gasteiger charge is -2.10. The van der Waals surface area contributed by atoms with Crippen LogP contribution in [0.25, 0.3) is 0 Å². The van der Waals surface area contributed by atoms with Crippen LogP contribution in [-0.2, 0) is 0 Å². The molecule has 4 nitrogen and oxygen atoms in total. The van der Waals surface area contributed by atoms with Gasteiger partial charge in [-0.15, -0.1) is 0 Å². The van der Waals surface area contributed by atoms with Crippen LogP contribution in [0.15, 0.2) is 53.6 Å². The second-order valence-corrected chi connectivity index (χ2v) is 6.35. The quantitative estimate of drug-likeness (QED) is 0.417. The number of rotatable bonds is 6. The zero-order chi connectivity index (χ0) is 19.1. The number of thiocarbonyl (C=S) groups is 1. The molecule has 0 atom stereocenters. The molecule has 2 aromatic carbocycles. The third kappa shape index (κ3) is 6.07. The molecule has 0 bridgehead atoms. The third-order valence-corrected chi connectivity index (χ3v) is 3.85. The molecule has 0 aromatic heterocycles. The molecule has 0 saturated carbocycles. The van der Waals surface area contributed by atoms with E-state index in [0.29, 0.717) is 16.7 Å². The summed E-state index contributed by atoms with van der Waals surface area (Å²) in [7, 11) is 0. The summed E-state index contributed by atoms with van der Waals surface area (Å²) in [5.74, 6) is 0.574. The number of anilines is 1. The number of halogens is 2. The number of nitrogens with one attached hydrogen (secondary N) is 2. The molecule has 0 aliphatic carbocycles. The number of hydrogen-bond donors (Lipinski definition) is 2. The van der Waals surface area contributed by atoms with Crippen LogP contribution in [0.2, 0.25) is 0 Å². The van der Waals surface area contributed by atoms with Gasteiger partial charge in [-0.05, 0) is 72.6 Å². The van der Waals surface area contributed by atoms with Crippen molar-refractivity contribution in [3.63, 3.8) is 0 Å². The van der Waals surface area contributed by atoms with Crippen molar-refractivity contribution in [1.82, 2.24) is 5.43 Å². The predicted molar refractivity (Wildman–Crippen MR) is 105 cm³/mol. The fourth-order valence-corrected chi connectivity index (χ4v) is 2.35. The lowest BCUT2D eigenvalue weighted by atomic mass is 10.0. The molecule has 2 rings (SSSR count). The molecular weight excluding hydrogens is 356 g/mol. The predicted octanol–water partition coefficient (Wildman–Crippen LogP) is 5.12. The van der Waals surface area contributed by atoms with E-state index in [-0.39, 0.29) is 5.75 Å². The average molecular weight is 377 g/mol. The Bertz CT molecular complexity index is 759. The number of hydrazone groups is 1. The zero-order valence-electron chi connectivity index (χ0n) is 14.8. The van der Waals surface area contributed by atoms with Crippen LogP contribution >= 0.6 is 12.2 Å². The monoisotopic (exact) mass is 377 g/mol. The van der Waals surface area contributed by atoms with Crippen LogP contribution in [0.1, 0.15) is 37.8 Å². The topological polar surface area (TPSA) is 45.7 Å². The van der Waals surface area contributed by atoms with E-state index in [9.17, 15) is 8.78 Å². The third-order valence-electron chi connectivity index (χ3n) is 3.66. The van der Waals surface area contributed by atoms with Crippen molar-refractivity contribution in [2.75, 3.05) is 5.32 Å². The Balaban J connectivity index is 1.92. The summed E-state index contributed by atoms with van der Waals surface area (Å²) in [5.41, 5.74) is 6.32. The number of alkyl halides is 2. The van der Waals surface area contributed by atoms with Gasteiger partial charge in [0, 0.05) is 5.69 Å². The summed E-state index contributed by atoms with van der Waals surface area (Å²) in [6.07, 6.45) is 0. The molecule has 0 aliphatic rings. The van der Waals surface area contributed by atoms with Crippen LogP contribution in [0, 0.1) is 0 Å². The van der Waals surface area contributed by atoms with E-state index in [1.54, 1.807) is 19.1 Å². The van der Waals surface area contributed by atoms with E-state index in [1.165, 1.54) is 17.7 Å². The maximum absolute atomic E-state index is 12.2.